The van der Waals surface area contributed by atoms with E-state index in [-0.39, 0.29) is 5.91 Å². The van der Waals surface area contributed by atoms with Gasteiger partial charge in [0.25, 0.3) is 5.91 Å². The number of likely N-dealkylation sites (tertiary alicyclic amines) is 1. The van der Waals surface area contributed by atoms with Gasteiger partial charge in [-0.3, -0.25) is 4.79 Å². The van der Waals surface area contributed by atoms with Gasteiger partial charge in [-0.15, -0.1) is 0 Å². The fourth-order valence-electron chi connectivity index (χ4n) is 2.72. The molecule has 0 saturated carbocycles. The summed E-state index contributed by atoms with van der Waals surface area (Å²) in [4.78, 5) is 25.6. The summed E-state index contributed by atoms with van der Waals surface area (Å²) < 4.78 is 5.73. The SMILES string of the molecule is O=C(c1ccc(-c2ncnc3[nH]ccc23)o1)N1CCCC1. The second-order valence-corrected chi connectivity index (χ2v) is 5.13. The van der Waals surface area contributed by atoms with Crippen LogP contribution in [0.5, 0.6) is 0 Å². The van der Waals surface area contributed by atoms with Gasteiger partial charge in [-0.25, -0.2) is 9.97 Å². The number of hydrogen-bond acceptors (Lipinski definition) is 4. The molecule has 106 valence electrons. The van der Waals surface area contributed by atoms with Gasteiger partial charge in [-0.1, -0.05) is 0 Å². The number of aromatic nitrogens is 3. The quantitative estimate of drug-likeness (QED) is 0.783. The number of nitrogens with zero attached hydrogens (tertiary/aromatic N) is 3. The summed E-state index contributed by atoms with van der Waals surface area (Å²) in [6.45, 7) is 1.62. The number of rotatable bonds is 2. The van der Waals surface area contributed by atoms with Crippen molar-refractivity contribution in [2.45, 2.75) is 12.8 Å². The Morgan fingerprint density at radius 2 is 2.05 bits per heavy atom. The van der Waals surface area contributed by atoms with E-state index in [0.717, 1.165) is 37.0 Å². The highest BCUT2D eigenvalue weighted by molar-refractivity contribution is 5.93. The van der Waals surface area contributed by atoms with E-state index in [1.807, 2.05) is 17.2 Å². The van der Waals surface area contributed by atoms with Crippen LogP contribution >= 0.6 is 0 Å². The van der Waals surface area contributed by atoms with E-state index in [1.54, 1.807) is 12.1 Å². The molecule has 1 aliphatic heterocycles. The zero-order valence-corrected chi connectivity index (χ0v) is 11.4. The summed E-state index contributed by atoms with van der Waals surface area (Å²) in [5, 5.41) is 0.882. The summed E-state index contributed by atoms with van der Waals surface area (Å²) in [5.74, 6) is 0.914. The first-order valence-corrected chi connectivity index (χ1v) is 7.00. The maximum Gasteiger partial charge on any atom is 0.289 e. The fraction of sp³-hybridized carbons (Fsp3) is 0.267. The van der Waals surface area contributed by atoms with Crippen LogP contribution in [0.3, 0.4) is 0 Å². The predicted molar refractivity (Wildman–Crippen MR) is 76.7 cm³/mol. The lowest BCUT2D eigenvalue weighted by Gasteiger charge is -2.12. The van der Waals surface area contributed by atoms with Crippen LogP contribution in [0.25, 0.3) is 22.5 Å². The maximum atomic E-state index is 12.3. The first kappa shape index (κ1) is 12.1. The standard InChI is InChI=1S/C15H14N4O2/c20-15(19-7-1-2-8-19)12-4-3-11(21-12)13-10-5-6-16-14(10)18-9-17-13/h3-6,9H,1-2,7-8H2,(H,16,17,18). The molecule has 1 N–H and O–H groups in total. The lowest BCUT2D eigenvalue weighted by atomic mass is 10.2. The van der Waals surface area contributed by atoms with Gasteiger partial charge in [-0.2, -0.15) is 0 Å². The van der Waals surface area contributed by atoms with E-state index in [9.17, 15) is 4.79 Å². The topological polar surface area (TPSA) is 75.0 Å². The molecule has 0 atom stereocenters. The Hall–Kier alpha value is -2.63. The molecule has 21 heavy (non-hydrogen) atoms. The first-order chi connectivity index (χ1) is 10.3. The number of fused-ring (bicyclic) bond motifs is 1. The molecule has 0 spiro atoms. The van der Waals surface area contributed by atoms with E-state index >= 15 is 0 Å². The molecule has 1 aliphatic rings. The average molecular weight is 282 g/mol. The highest BCUT2D eigenvalue weighted by Gasteiger charge is 2.23. The Bertz CT molecular complexity index is 799. The Labute approximate surface area is 120 Å². The Morgan fingerprint density at radius 1 is 1.19 bits per heavy atom. The molecule has 6 nitrogen and oxygen atoms in total. The molecule has 0 aliphatic carbocycles. The molecule has 0 aromatic carbocycles. The van der Waals surface area contributed by atoms with Gasteiger partial charge in [0.2, 0.25) is 0 Å². The lowest BCUT2D eigenvalue weighted by Crippen LogP contribution is -2.27. The van der Waals surface area contributed by atoms with E-state index in [2.05, 4.69) is 15.0 Å². The normalized spacial score (nSPS) is 15.0. The Morgan fingerprint density at radius 3 is 2.90 bits per heavy atom. The molecule has 3 aromatic rings. The lowest BCUT2D eigenvalue weighted by molar-refractivity contribution is 0.0762. The molecule has 4 rings (SSSR count). The molecule has 1 saturated heterocycles. The monoisotopic (exact) mass is 282 g/mol. The molecule has 1 amide bonds. The Balaban J connectivity index is 1.71. The van der Waals surface area contributed by atoms with E-state index in [0.29, 0.717) is 17.2 Å². The van der Waals surface area contributed by atoms with Crippen molar-refractivity contribution in [2.75, 3.05) is 13.1 Å². The summed E-state index contributed by atoms with van der Waals surface area (Å²) in [6.07, 6.45) is 5.42. The van der Waals surface area contributed by atoms with Crippen LogP contribution in [0.4, 0.5) is 0 Å². The molecule has 0 radical (unpaired) electrons. The fourth-order valence-corrected chi connectivity index (χ4v) is 2.72. The zero-order chi connectivity index (χ0) is 14.2. The summed E-state index contributed by atoms with van der Waals surface area (Å²) in [6, 6.07) is 5.41. The van der Waals surface area contributed by atoms with Crippen molar-refractivity contribution in [3.8, 4) is 11.5 Å². The van der Waals surface area contributed by atoms with Gasteiger partial charge in [0.1, 0.15) is 17.7 Å². The number of nitrogens with one attached hydrogen (secondary N) is 1. The third-order valence-electron chi connectivity index (χ3n) is 3.80. The number of carbonyl (C=O) groups excluding carboxylic acids is 1. The van der Waals surface area contributed by atoms with Crippen molar-refractivity contribution in [3.63, 3.8) is 0 Å². The number of H-pyrrole nitrogens is 1. The summed E-state index contributed by atoms with van der Waals surface area (Å²) in [7, 11) is 0. The van der Waals surface area contributed by atoms with Crippen LogP contribution in [0.15, 0.2) is 35.1 Å². The van der Waals surface area contributed by atoms with Crippen LogP contribution in [-0.2, 0) is 0 Å². The molecular weight excluding hydrogens is 268 g/mol. The number of amides is 1. The number of aromatic amines is 1. The van der Waals surface area contributed by atoms with Crippen molar-refractivity contribution in [2.24, 2.45) is 0 Å². The first-order valence-electron chi connectivity index (χ1n) is 7.00. The third-order valence-corrected chi connectivity index (χ3v) is 3.80. The van der Waals surface area contributed by atoms with E-state index < -0.39 is 0 Å². The summed E-state index contributed by atoms with van der Waals surface area (Å²) >= 11 is 0. The maximum absolute atomic E-state index is 12.3. The highest BCUT2D eigenvalue weighted by atomic mass is 16.4. The molecule has 4 heterocycles. The van der Waals surface area contributed by atoms with Crippen LogP contribution < -0.4 is 0 Å². The molecule has 1 fully saturated rings. The van der Waals surface area contributed by atoms with Gasteiger partial charge in [-0.05, 0) is 31.0 Å². The number of carbonyl (C=O) groups is 1. The smallest absolute Gasteiger partial charge is 0.289 e. The van der Waals surface area contributed by atoms with Crippen molar-refractivity contribution < 1.29 is 9.21 Å². The van der Waals surface area contributed by atoms with Crippen molar-refractivity contribution in [1.29, 1.82) is 0 Å². The number of hydrogen-bond donors (Lipinski definition) is 1. The van der Waals surface area contributed by atoms with Gasteiger partial charge in [0, 0.05) is 24.7 Å². The second kappa shape index (κ2) is 4.73. The molecule has 3 aromatic heterocycles. The Kier molecular flexibility index (Phi) is 2.73. The van der Waals surface area contributed by atoms with Gasteiger partial charge in [0.05, 0.1) is 0 Å². The van der Waals surface area contributed by atoms with Crippen LogP contribution in [0.1, 0.15) is 23.4 Å². The van der Waals surface area contributed by atoms with Crippen LogP contribution in [0, 0.1) is 0 Å². The molecule has 0 unspecified atom stereocenters. The largest absolute Gasteiger partial charge is 0.449 e. The number of furan rings is 1. The minimum atomic E-state index is -0.0434. The third kappa shape index (κ3) is 1.99. The van der Waals surface area contributed by atoms with E-state index in [1.165, 1.54) is 6.33 Å². The predicted octanol–water partition coefficient (Wildman–Crippen LogP) is 2.45. The zero-order valence-electron chi connectivity index (χ0n) is 11.4. The average Bonchev–Trinajstić information content (AvgIpc) is 3.25. The van der Waals surface area contributed by atoms with Gasteiger partial charge >= 0.3 is 0 Å². The molecular formula is C15H14N4O2. The van der Waals surface area contributed by atoms with Crippen molar-refractivity contribution in [3.05, 3.63) is 36.5 Å². The molecule has 0 bridgehead atoms. The summed E-state index contributed by atoms with van der Waals surface area (Å²) in [5.41, 5.74) is 1.45. The van der Waals surface area contributed by atoms with Crippen molar-refractivity contribution >= 4 is 16.9 Å². The van der Waals surface area contributed by atoms with Crippen LogP contribution in [-0.4, -0.2) is 38.8 Å². The van der Waals surface area contributed by atoms with Crippen LogP contribution in [0.2, 0.25) is 0 Å². The van der Waals surface area contributed by atoms with Crippen molar-refractivity contribution in [1.82, 2.24) is 19.9 Å². The van der Waals surface area contributed by atoms with Gasteiger partial charge in [0.15, 0.2) is 11.5 Å². The minimum absolute atomic E-state index is 0.0434. The van der Waals surface area contributed by atoms with E-state index in [4.69, 9.17) is 4.42 Å². The minimum Gasteiger partial charge on any atom is -0.449 e. The van der Waals surface area contributed by atoms with Gasteiger partial charge < -0.3 is 14.3 Å². The highest BCUT2D eigenvalue weighted by Crippen LogP contribution is 2.27. The second-order valence-electron chi connectivity index (χ2n) is 5.13. The molecule has 6 heteroatoms.